The molecule has 2 saturated carbocycles. The van der Waals surface area contributed by atoms with Crippen molar-refractivity contribution in [3.63, 3.8) is 0 Å². The fourth-order valence-electron chi connectivity index (χ4n) is 5.31. The third-order valence-electron chi connectivity index (χ3n) is 7.47. The van der Waals surface area contributed by atoms with Gasteiger partial charge in [0.2, 0.25) is 11.8 Å². The smallest absolute Gasteiger partial charge is 0.254 e. The lowest BCUT2D eigenvalue weighted by Crippen LogP contribution is -2.50. The van der Waals surface area contributed by atoms with E-state index in [0.717, 1.165) is 44.1 Å². The largest absolute Gasteiger partial charge is 0.352 e. The fourth-order valence-corrected chi connectivity index (χ4v) is 5.31. The first-order chi connectivity index (χ1) is 16.2. The molecule has 1 aromatic rings. The SMILES string of the molecule is Cc1ccc(C(=O)N2CC(N(CC(C)C)C(=O)C3CC3)CC2C(=O)NC2CCC(N)CC2)cc1. The minimum atomic E-state index is -0.573. The van der Waals surface area contributed by atoms with Crippen molar-refractivity contribution in [1.82, 2.24) is 15.1 Å². The molecule has 2 unspecified atom stereocenters. The van der Waals surface area contributed by atoms with Crippen LogP contribution in [0.1, 0.15) is 74.7 Å². The van der Waals surface area contributed by atoms with Crippen molar-refractivity contribution < 1.29 is 14.4 Å². The van der Waals surface area contributed by atoms with Gasteiger partial charge in [0.15, 0.2) is 0 Å². The van der Waals surface area contributed by atoms with Crippen LogP contribution in [0, 0.1) is 18.8 Å². The van der Waals surface area contributed by atoms with Crippen LogP contribution in [0.3, 0.4) is 0 Å². The molecule has 0 bridgehead atoms. The number of nitrogens with two attached hydrogens (primary N) is 1. The Morgan fingerprint density at radius 2 is 1.71 bits per heavy atom. The zero-order chi connectivity index (χ0) is 24.4. The highest BCUT2D eigenvalue weighted by atomic mass is 16.2. The van der Waals surface area contributed by atoms with E-state index in [9.17, 15) is 14.4 Å². The number of nitrogens with zero attached hydrogens (tertiary/aromatic N) is 2. The molecule has 4 rings (SSSR count). The lowest BCUT2D eigenvalue weighted by molar-refractivity contribution is -0.135. The predicted octanol–water partition coefficient (Wildman–Crippen LogP) is 2.86. The second-order valence-electron chi connectivity index (χ2n) is 11.0. The molecular weight excluding hydrogens is 428 g/mol. The molecule has 1 aromatic carbocycles. The zero-order valence-corrected chi connectivity index (χ0v) is 20.8. The van der Waals surface area contributed by atoms with E-state index in [1.807, 2.05) is 36.1 Å². The molecule has 1 saturated heterocycles. The maximum Gasteiger partial charge on any atom is 0.254 e. The van der Waals surface area contributed by atoms with Gasteiger partial charge < -0.3 is 20.9 Å². The van der Waals surface area contributed by atoms with Gasteiger partial charge in [-0.3, -0.25) is 14.4 Å². The predicted molar refractivity (Wildman–Crippen MR) is 132 cm³/mol. The summed E-state index contributed by atoms with van der Waals surface area (Å²) in [4.78, 5) is 43.8. The molecule has 0 radical (unpaired) electrons. The molecule has 2 aliphatic carbocycles. The molecule has 7 nitrogen and oxygen atoms in total. The Kier molecular flexibility index (Phi) is 7.60. The summed E-state index contributed by atoms with van der Waals surface area (Å²) in [5, 5.41) is 3.20. The van der Waals surface area contributed by atoms with E-state index in [1.165, 1.54) is 0 Å². The molecule has 3 amide bonds. The summed E-state index contributed by atoms with van der Waals surface area (Å²) in [6.07, 6.45) is 5.93. The molecule has 2 atom stereocenters. The summed E-state index contributed by atoms with van der Waals surface area (Å²) in [6.45, 7) is 7.25. The molecule has 186 valence electrons. The number of benzene rings is 1. The molecule has 34 heavy (non-hydrogen) atoms. The molecule has 1 heterocycles. The molecule has 3 fully saturated rings. The van der Waals surface area contributed by atoms with Gasteiger partial charge in [-0.05, 0) is 69.9 Å². The van der Waals surface area contributed by atoms with Gasteiger partial charge >= 0.3 is 0 Å². The van der Waals surface area contributed by atoms with Gasteiger partial charge in [0.1, 0.15) is 6.04 Å². The Hall–Kier alpha value is -2.41. The van der Waals surface area contributed by atoms with Crippen LogP contribution < -0.4 is 11.1 Å². The Balaban J connectivity index is 1.55. The number of likely N-dealkylation sites (tertiary alicyclic amines) is 1. The van der Waals surface area contributed by atoms with Crippen LogP contribution in [0.2, 0.25) is 0 Å². The summed E-state index contributed by atoms with van der Waals surface area (Å²) in [5.74, 6) is 0.370. The van der Waals surface area contributed by atoms with Gasteiger partial charge in [0.25, 0.3) is 5.91 Å². The molecule has 7 heteroatoms. The summed E-state index contributed by atoms with van der Waals surface area (Å²) < 4.78 is 0. The van der Waals surface area contributed by atoms with E-state index < -0.39 is 6.04 Å². The van der Waals surface area contributed by atoms with Gasteiger partial charge in [-0.1, -0.05) is 31.5 Å². The molecule has 3 aliphatic rings. The highest BCUT2D eigenvalue weighted by Gasteiger charge is 2.45. The number of carbonyl (C=O) groups excluding carboxylic acids is 3. The summed E-state index contributed by atoms with van der Waals surface area (Å²) in [7, 11) is 0. The van der Waals surface area contributed by atoms with Crippen LogP contribution in [0.15, 0.2) is 24.3 Å². The number of nitrogens with one attached hydrogen (secondary N) is 1. The van der Waals surface area contributed by atoms with Gasteiger partial charge in [0.05, 0.1) is 6.04 Å². The third kappa shape index (κ3) is 5.80. The first-order valence-electron chi connectivity index (χ1n) is 13.0. The highest BCUT2D eigenvalue weighted by molar-refractivity contribution is 5.98. The Bertz CT molecular complexity index is 888. The minimum absolute atomic E-state index is 0.0996. The van der Waals surface area contributed by atoms with Crippen molar-refractivity contribution >= 4 is 17.7 Å². The Morgan fingerprint density at radius 3 is 2.29 bits per heavy atom. The average Bonchev–Trinajstić information content (AvgIpc) is 3.56. The quantitative estimate of drug-likeness (QED) is 0.643. The van der Waals surface area contributed by atoms with Crippen LogP contribution in [0.4, 0.5) is 0 Å². The third-order valence-corrected chi connectivity index (χ3v) is 7.47. The number of hydrogen-bond donors (Lipinski definition) is 2. The summed E-state index contributed by atoms with van der Waals surface area (Å²) in [6, 6.07) is 7.08. The average molecular weight is 469 g/mol. The first kappa shape index (κ1) is 24.7. The second-order valence-corrected chi connectivity index (χ2v) is 11.0. The highest BCUT2D eigenvalue weighted by Crippen LogP contribution is 2.34. The van der Waals surface area contributed by atoms with Crippen molar-refractivity contribution in [2.24, 2.45) is 17.6 Å². The Labute approximate surface area is 203 Å². The number of carbonyl (C=O) groups is 3. The van der Waals surface area contributed by atoms with Crippen molar-refractivity contribution in [2.75, 3.05) is 13.1 Å². The van der Waals surface area contributed by atoms with Gasteiger partial charge in [-0.25, -0.2) is 0 Å². The topological polar surface area (TPSA) is 95.7 Å². The number of aryl methyl sites for hydroxylation is 1. The van der Waals surface area contributed by atoms with E-state index >= 15 is 0 Å². The summed E-state index contributed by atoms with van der Waals surface area (Å²) in [5.41, 5.74) is 7.69. The second kappa shape index (κ2) is 10.5. The minimum Gasteiger partial charge on any atom is -0.352 e. The van der Waals surface area contributed by atoms with Crippen molar-refractivity contribution in [2.45, 2.75) is 89.9 Å². The summed E-state index contributed by atoms with van der Waals surface area (Å²) >= 11 is 0. The van der Waals surface area contributed by atoms with Gasteiger partial charge in [-0.15, -0.1) is 0 Å². The first-order valence-corrected chi connectivity index (χ1v) is 13.0. The number of hydrogen-bond acceptors (Lipinski definition) is 4. The van der Waals surface area contributed by atoms with Crippen molar-refractivity contribution in [3.05, 3.63) is 35.4 Å². The van der Waals surface area contributed by atoms with Crippen LogP contribution >= 0.6 is 0 Å². The van der Waals surface area contributed by atoms with E-state index in [1.54, 1.807) is 4.90 Å². The van der Waals surface area contributed by atoms with Crippen molar-refractivity contribution in [1.29, 1.82) is 0 Å². The Morgan fingerprint density at radius 1 is 1.06 bits per heavy atom. The van der Waals surface area contributed by atoms with E-state index in [2.05, 4.69) is 19.2 Å². The van der Waals surface area contributed by atoms with E-state index in [-0.39, 0.29) is 41.8 Å². The lowest BCUT2D eigenvalue weighted by Gasteiger charge is -2.31. The monoisotopic (exact) mass is 468 g/mol. The van der Waals surface area contributed by atoms with Gasteiger partial charge in [0, 0.05) is 36.7 Å². The molecule has 0 aromatic heterocycles. The van der Waals surface area contributed by atoms with Crippen LogP contribution in [-0.2, 0) is 9.59 Å². The van der Waals surface area contributed by atoms with E-state index in [0.29, 0.717) is 31.0 Å². The van der Waals surface area contributed by atoms with Crippen LogP contribution in [0.5, 0.6) is 0 Å². The normalized spacial score (nSPS) is 27.0. The molecule has 0 spiro atoms. The van der Waals surface area contributed by atoms with Crippen LogP contribution in [0.25, 0.3) is 0 Å². The molecule has 3 N–H and O–H groups in total. The van der Waals surface area contributed by atoms with E-state index in [4.69, 9.17) is 5.73 Å². The maximum atomic E-state index is 13.5. The molecule has 1 aliphatic heterocycles. The fraction of sp³-hybridized carbons (Fsp3) is 0.667. The standard InChI is InChI=1S/C27H40N4O3/c1-17(2)15-30(26(33)20-8-9-20)23-14-24(25(32)29-22-12-10-21(28)11-13-22)31(16-23)27(34)19-6-4-18(3)5-7-19/h4-7,17,20-24H,8-16,28H2,1-3H3,(H,29,32). The van der Waals surface area contributed by atoms with Crippen LogP contribution in [-0.4, -0.2) is 64.8 Å². The number of rotatable bonds is 7. The van der Waals surface area contributed by atoms with Crippen molar-refractivity contribution in [3.8, 4) is 0 Å². The lowest BCUT2D eigenvalue weighted by atomic mass is 9.91. The van der Waals surface area contributed by atoms with Gasteiger partial charge in [-0.2, -0.15) is 0 Å². The molecular formula is C27H40N4O3. The number of amides is 3. The zero-order valence-electron chi connectivity index (χ0n) is 20.8. The maximum absolute atomic E-state index is 13.5.